The molecule has 0 amide bonds. The van der Waals surface area contributed by atoms with E-state index in [2.05, 4.69) is 9.98 Å². The number of isocyanates is 1. The van der Waals surface area contributed by atoms with Crippen molar-refractivity contribution in [2.24, 2.45) is 4.99 Å². The van der Waals surface area contributed by atoms with Crippen LogP contribution >= 0.6 is 0 Å². The minimum absolute atomic E-state index is 0.165. The Bertz CT molecular complexity index is 610. The van der Waals surface area contributed by atoms with Crippen molar-refractivity contribution in [3.63, 3.8) is 0 Å². The number of aromatic amines is 1. The molecule has 1 N–H and O–H groups in total. The molecular formula is C12H8N2O2. The molecule has 2 rings (SSSR count). The molecule has 16 heavy (non-hydrogen) atoms. The Hall–Kier alpha value is -2.45. The highest BCUT2D eigenvalue weighted by Crippen LogP contribution is 2.21. The summed E-state index contributed by atoms with van der Waals surface area (Å²) in [6, 6.07) is 11.9. The Labute approximate surface area is 91.3 Å². The maximum atomic E-state index is 11.1. The van der Waals surface area contributed by atoms with Gasteiger partial charge in [0, 0.05) is 17.3 Å². The summed E-state index contributed by atoms with van der Waals surface area (Å²) < 4.78 is 0. The van der Waals surface area contributed by atoms with Gasteiger partial charge in [-0.25, -0.2) is 4.79 Å². The molecule has 0 aliphatic carbocycles. The van der Waals surface area contributed by atoms with Crippen LogP contribution in [0.15, 0.2) is 52.3 Å². The predicted molar refractivity (Wildman–Crippen MR) is 60.3 cm³/mol. The van der Waals surface area contributed by atoms with Crippen molar-refractivity contribution in [1.29, 1.82) is 0 Å². The van der Waals surface area contributed by atoms with Crippen molar-refractivity contribution in [1.82, 2.24) is 4.98 Å². The summed E-state index contributed by atoms with van der Waals surface area (Å²) >= 11 is 0. The second-order valence-electron chi connectivity index (χ2n) is 3.18. The van der Waals surface area contributed by atoms with Crippen LogP contribution in [0, 0.1) is 0 Å². The largest absolute Gasteiger partial charge is 0.322 e. The van der Waals surface area contributed by atoms with Crippen LogP contribution in [0.2, 0.25) is 0 Å². The molecule has 4 nitrogen and oxygen atoms in total. The highest BCUT2D eigenvalue weighted by molar-refractivity contribution is 5.64. The Morgan fingerprint density at radius 3 is 2.69 bits per heavy atom. The Morgan fingerprint density at radius 1 is 1.12 bits per heavy atom. The predicted octanol–water partition coefficient (Wildman–Crippen LogP) is 2.01. The van der Waals surface area contributed by atoms with Crippen molar-refractivity contribution >= 4 is 11.8 Å². The molecule has 1 aromatic carbocycles. The average Bonchev–Trinajstić information content (AvgIpc) is 2.30. The molecule has 1 aromatic heterocycles. The van der Waals surface area contributed by atoms with Crippen LogP contribution in [0.3, 0.4) is 0 Å². The number of carbonyl (C=O) groups excluding carboxylic acids is 1. The van der Waals surface area contributed by atoms with Gasteiger partial charge < -0.3 is 4.98 Å². The van der Waals surface area contributed by atoms with E-state index in [1.807, 2.05) is 6.07 Å². The highest BCUT2D eigenvalue weighted by Gasteiger charge is 1.98. The van der Waals surface area contributed by atoms with E-state index in [1.54, 1.807) is 30.3 Å². The lowest BCUT2D eigenvalue weighted by Crippen LogP contribution is -2.03. The number of benzene rings is 1. The Balaban J connectivity index is 2.52. The fourth-order valence-corrected chi connectivity index (χ4v) is 1.41. The van der Waals surface area contributed by atoms with Crippen LogP contribution < -0.4 is 5.56 Å². The number of nitrogens with zero attached hydrogens (tertiary/aromatic N) is 1. The highest BCUT2D eigenvalue weighted by atomic mass is 16.1. The topological polar surface area (TPSA) is 62.3 Å². The molecule has 0 saturated heterocycles. The van der Waals surface area contributed by atoms with Gasteiger partial charge in [0.2, 0.25) is 11.6 Å². The van der Waals surface area contributed by atoms with Gasteiger partial charge in [-0.3, -0.25) is 4.79 Å². The number of aromatic nitrogens is 1. The fourth-order valence-electron chi connectivity index (χ4n) is 1.41. The summed E-state index contributed by atoms with van der Waals surface area (Å²) in [6.45, 7) is 0. The van der Waals surface area contributed by atoms with Gasteiger partial charge in [-0.2, -0.15) is 4.99 Å². The van der Waals surface area contributed by atoms with Gasteiger partial charge in [-0.1, -0.05) is 18.2 Å². The van der Waals surface area contributed by atoms with Gasteiger partial charge in [0.15, 0.2) is 0 Å². The summed E-state index contributed by atoms with van der Waals surface area (Å²) in [4.78, 5) is 27.5. The van der Waals surface area contributed by atoms with E-state index in [1.165, 1.54) is 12.1 Å². The summed E-state index contributed by atoms with van der Waals surface area (Å²) in [5.74, 6) is 0. The molecule has 4 heteroatoms. The van der Waals surface area contributed by atoms with Crippen molar-refractivity contribution in [2.75, 3.05) is 0 Å². The summed E-state index contributed by atoms with van der Waals surface area (Å²) in [7, 11) is 0. The molecule has 0 aliphatic heterocycles. The number of H-pyrrole nitrogens is 1. The van der Waals surface area contributed by atoms with E-state index in [-0.39, 0.29) is 5.56 Å². The van der Waals surface area contributed by atoms with Crippen LogP contribution in [0.5, 0.6) is 0 Å². The number of hydrogen-bond donors (Lipinski definition) is 1. The van der Waals surface area contributed by atoms with Crippen molar-refractivity contribution in [3.05, 3.63) is 52.8 Å². The normalized spacial score (nSPS) is 9.50. The maximum absolute atomic E-state index is 11.1. The third kappa shape index (κ3) is 2.13. The van der Waals surface area contributed by atoms with Gasteiger partial charge >= 0.3 is 0 Å². The lowest BCUT2D eigenvalue weighted by atomic mass is 10.1. The SMILES string of the molecule is O=C=Nc1cccc(-c2cccc(=O)[nH]2)c1. The number of pyridine rings is 1. The smallest absolute Gasteiger partial charge is 0.248 e. The molecule has 0 bridgehead atoms. The molecule has 0 atom stereocenters. The number of aliphatic imine (C=N–C) groups is 1. The van der Waals surface area contributed by atoms with Crippen molar-refractivity contribution < 1.29 is 4.79 Å². The van der Waals surface area contributed by atoms with E-state index in [9.17, 15) is 9.59 Å². The molecule has 0 radical (unpaired) electrons. The van der Waals surface area contributed by atoms with E-state index in [4.69, 9.17) is 0 Å². The van der Waals surface area contributed by atoms with E-state index < -0.39 is 0 Å². The molecule has 1 heterocycles. The lowest BCUT2D eigenvalue weighted by Gasteiger charge is -2.01. The molecule has 0 unspecified atom stereocenters. The van der Waals surface area contributed by atoms with Crippen LogP contribution in [0.25, 0.3) is 11.3 Å². The van der Waals surface area contributed by atoms with E-state index in [0.29, 0.717) is 11.4 Å². The van der Waals surface area contributed by atoms with E-state index >= 15 is 0 Å². The summed E-state index contributed by atoms with van der Waals surface area (Å²) in [5, 5.41) is 0. The number of nitrogens with one attached hydrogen (secondary N) is 1. The van der Waals surface area contributed by atoms with Gasteiger partial charge in [0.25, 0.3) is 0 Å². The molecule has 0 aliphatic rings. The minimum Gasteiger partial charge on any atom is -0.322 e. The average molecular weight is 212 g/mol. The number of rotatable bonds is 2. The van der Waals surface area contributed by atoms with Gasteiger partial charge in [0.05, 0.1) is 5.69 Å². The third-order valence-corrected chi connectivity index (χ3v) is 2.10. The lowest BCUT2D eigenvalue weighted by molar-refractivity contribution is 0.565. The first-order chi connectivity index (χ1) is 7.79. The van der Waals surface area contributed by atoms with E-state index in [0.717, 1.165) is 5.56 Å². The van der Waals surface area contributed by atoms with Crippen molar-refractivity contribution in [3.8, 4) is 11.3 Å². The zero-order chi connectivity index (χ0) is 11.4. The molecule has 78 valence electrons. The first kappa shape index (κ1) is 10.1. The zero-order valence-corrected chi connectivity index (χ0v) is 8.31. The first-order valence-corrected chi connectivity index (χ1v) is 4.67. The molecule has 0 spiro atoms. The van der Waals surface area contributed by atoms with Crippen LogP contribution in [0.4, 0.5) is 5.69 Å². The molecule has 0 fully saturated rings. The molecule has 2 aromatic rings. The third-order valence-electron chi connectivity index (χ3n) is 2.10. The van der Waals surface area contributed by atoms with Crippen LogP contribution in [-0.4, -0.2) is 11.1 Å². The second-order valence-corrected chi connectivity index (χ2v) is 3.18. The van der Waals surface area contributed by atoms with Gasteiger partial charge in [0.1, 0.15) is 0 Å². The van der Waals surface area contributed by atoms with Crippen LogP contribution in [0.1, 0.15) is 0 Å². The fraction of sp³-hybridized carbons (Fsp3) is 0. The summed E-state index contributed by atoms with van der Waals surface area (Å²) in [6.07, 6.45) is 1.48. The number of hydrogen-bond acceptors (Lipinski definition) is 3. The van der Waals surface area contributed by atoms with Crippen molar-refractivity contribution in [2.45, 2.75) is 0 Å². The monoisotopic (exact) mass is 212 g/mol. The maximum Gasteiger partial charge on any atom is 0.248 e. The zero-order valence-electron chi connectivity index (χ0n) is 8.31. The summed E-state index contributed by atoms with van der Waals surface area (Å²) in [5.41, 5.74) is 1.84. The first-order valence-electron chi connectivity index (χ1n) is 4.67. The molecular weight excluding hydrogens is 204 g/mol. The quantitative estimate of drug-likeness (QED) is 0.611. The van der Waals surface area contributed by atoms with Gasteiger partial charge in [-0.05, 0) is 18.2 Å². The Morgan fingerprint density at radius 2 is 1.94 bits per heavy atom. The minimum atomic E-state index is -0.165. The standard InChI is InChI=1S/C12H8N2O2/c15-8-13-10-4-1-3-9(7-10)11-5-2-6-12(16)14-11/h1-7H,(H,14,16). The Kier molecular flexibility index (Phi) is 2.76. The van der Waals surface area contributed by atoms with Crippen LogP contribution in [-0.2, 0) is 4.79 Å². The van der Waals surface area contributed by atoms with Gasteiger partial charge in [-0.15, -0.1) is 0 Å². The second kappa shape index (κ2) is 4.38. The molecule has 0 saturated carbocycles.